The van der Waals surface area contributed by atoms with Gasteiger partial charge in [0, 0.05) is 17.1 Å². The second-order valence-electron chi connectivity index (χ2n) is 10.3. The van der Waals surface area contributed by atoms with Gasteiger partial charge in [0.25, 0.3) is 20.2 Å². The van der Waals surface area contributed by atoms with E-state index in [-0.39, 0.29) is 17.1 Å². The number of rotatable bonds is 18. The molecule has 0 aliphatic rings. The molecule has 2 N–H and O–H groups in total. The summed E-state index contributed by atoms with van der Waals surface area (Å²) in [5.41, 5.74) is 1.57. The van der Waals surface area contributed by atoms with Crippen molar-refractivity contribution >= 4 is 20.2 Å². The van der Waals surface area contributed by atoms with E-state index in [0.717, 1.165) is 49.7 Å². The van der Waals surface area contributed by atoms with E-state index in [0.29, 0.717) is 0 Å². The third-order valence-electron chi connectivity index (χ3n) is 6.71. The molecule has 0 spiro atoms. The molecular formula is C30H46CuO8S2-2. The average Bonchev–Trinajstić information content (AvgIpc) is 2.88. The van der Waals surface area contributed by atoms with Crippen LogP contribution in [0.25, 0.3) is 0 Å². The third kappa shape index (κ3) is 17.2. The molecule has 239 valence electrons. The van der Waals surface area contributed by atoms with Gasteiger partial charge in [-0.25, -0.2) is 0 Å². The van der Waals surface area contributed by atoms with Gasteiger partial charge in [0.15, 0.2) is 0 Å². The van der Waals surface area contributed by atoms with E-state index in [2.05, 4.69) is 13.8 Å². The molecule has 0 aliphatic carbocycles. The Labute approximate surface area is 258 Å². The van der Waals surface area contributed by atoms with Crippen LogP contribution in [0.1, 0.15) is 115 Å². The predicted octanol–water partition coefficient (Wildman–Crippen LogP) is 6.60. The molecule has 0 fully saturated rings. The van der Waals surface area contributed by atoms with Crippen molar-refractivity contribution in [2.24, 2.45) is 0 Å². The molecule has 0 heterocycles. The normalized spacial score (nSPS) is 11.4. The Morgan fingerprint density at radius 2 is 0.829 bits per heavy atom. The molecule has 0 atom stereocenters. The molecule has 0 saturated carbocycles. The van der Waals surface area contributed by atoms with Gasteiger partial charge < -0.3 is 10.2 Å². The van der Waals surface area contributed by atoms with E-state index in [1.54, 1.807) is 12.1 Å². The average molecular weight is 662 g/mol. The van der Waals surface area contributed by atoms with Crippen LogP contribution in [0.5, 0.6) is 11.5 Å². The van der Waals surface area contributed by atoms with E-state index in [9.17, 15) is 27.0 Å². The maximum Gasteiger partial charge on any atom is 0.293 e. The van der Waals surface area contributed by atoms with Gasteiger partial charge in [-0.2, -0.15) is 16.8 Å². The molecule has 41 heavy (non-hydrogen) atoms. The molecule has 0 amide bonds. The minimum absolute atomic E-state index is 0. The zero-order valence-electron chi connectivity index (χ0n) is 24.2. The number of aryl methyl sites for hydroxylation is 2. The molecule has 2 rings (SSSR count). The van der Waals surface area contributed by atoms with E-state index >= 15 is 0 Å². The fourth-order valence-electron chi connectivity index (χ4n) is 4.39. The Morgan fingerprint density at radius 3 is 1.12 bits per heavy atom. The Bertz CT molecular complexity index is 1120. The zero-order valence-corrected chi connectivity index (χ0v) is 26.8. The molecular weight excluding hydrogens is 616 g/mol. The summed E-state index contributed by atoms with van der Waals surface area (Å²) in [6.45, 7) is 4.37. The fourth-order valence-corrected chi connectivity index (χ4v) is 5.64. The van der Waals surface area contributed by atoms with Crippen molar-refractivity contribution in [2.75, 3.05) is 0 Å². The molecule has 0 saturated heterocycles. The summed E-state index contributed by atoms with van der Waals surface area (Å²) in [6.07, 6.45) is 18.0. The van der Waals surface area contributed by atoms with Crippen LogP contribution in [0.4, 0.5) is 0 Å². The summed E-state index contributed by atoms with van der Waals surface area (Å²) in [7, 11) is -8.83. The SMILES string of the molecule is CCCCCCCCCc1ccc([O-])c(S(=O)(=O)O)c1.CCCCCCCCCc1ccc([O-])c(S(=O)(=O)O)c1.[Cu]. The molecule has 0 bridgehead atoms. The number of hydrogen-bond donors (Lipinski definition) is 2. The smallest absolute Gasteiger partial charge is 0.293 e. The first-order valence-corrected chi connectivity index (χ1v) is 17.3. The first-order valence-electron chi connectivity index (χ1n) is 14.4. The second-order valence-corrected chi connectivity index (χ2v) is 13.0. The van der Waals surface area contributed by atoms with Gasteiger partial charge >= 0.3 is 0 Å². The topological polar surface area (TPSA) is 155 Å². The van der Waals surface area contributed by atoms with Crippen molar-refractivity contribution in [3.05, 3.63) is 47.5 Å². The standard InChI is InChI=1S/2C15H24O4S.Cu/c2*1-2-3-4-5-6-7-8-9-13-10-11-14(16)15(12-13)20(17,18)19;/h2*10-12,16H,2-9H2,1H3,(H,17,18,19);/p-2. The van der Waals surface area contributed by atoms with Gasteiger partial charge in [-0.15, -0.1) is 0 Å². The van der Waals surface area contributed by atoms with Gasteiger partial charge in [-0.05, 0) is 48.9 Å². The maximum absolute atomic E-state index is 11.4. The van der Waals surface area contributed by atoms with Crippen molar-refractivity contribution in [1.82, 2.24) is 0 Å². The third-order valence-corrected chi connectivity index (χ3v) is 8.46. The Kier molecular flexibility index (Phi) is 20.3. The van der Waals surface area contributed by atoms with Crippen LogP contribution in [0, 0.1) is 0 Å². The minimum Gasteiger partial charge on any atom is -0.872 e. The molecule has 8 nitrogen and oxygen atoms in total. The molecule has 2 aromatic carbocycles. The van der Waals surface area contributed by atoms with Crippen molar-refractivity contribution in [2.45, 2.75) is 126 Å². The van der Waals surface area contributed by atoms with E-state index in [4.69, 9.17) is 9.11 Å². The van der Waals surface area contributed by atoms with Crippen molar-refractivity contribution in [1.29, 1.82) is 0 Å². The first kappa shape index (κ1) is 39.4. The van der Waals surface area contributed by atoms with E-state index < -0.39 is 41.5 Å². The van der Waals surface area contributed by atoms with Crippen molar-refractivity contribution in [3.8, 4) is 11.5 Å². The largest absolute Gasteiger partial charge is 0.872 e. The number of unbranched alkanes of at least 4 members (excludes halogenated alkanes) is 12. The zero-order chi connectivity index (χ0) is 30.0. The molecule has 0 aromatic heterocycles. The summed E-state index contributed by atoms with van der Waals surface area (Å²) in [5.74, 6) is -1.31. The summed E-state index contributed by atoms with van der Waals surface area (Å²) in [4.78, 5) is -1.03. The Balaban J connectivity index is 0.000000762. The molecule has 1 radical (unpaired) electrons. The van der Waals surface area contributed by atoms with Crippen LogP contribution in [-0.2, 0) is 50.1 Å². The predicted molar refractivity (Wildman–Crippen MR) is 155 cm³/mol. The van der Waals surface area contributed by atoms with Gasteiger partial charge in [0.2, 0.25) is 0 Å². The fraction of sp³-hybridized carbons (Fsp3) is 0.600. The van der Waals surface area contributed by atoms with Gasteiger partial charge in [-0.1, -0.05) is 127 Å². The van der Waals surface area contributed by atoms with Gasteiger partial charge in [0.05, 0.1) is 9.79 Å². The molecule has 2 aromatic rings. The van der Waals surface area contributed by atoms with Gasteiger partial charge in [0.1, 0.15) is 0 Å². The van der Waals surface area contributed by atoms with Crippen LogP contribution < -0.4 is 10.2 Å². The summed E-state index contributed by atoms with van der Waals surface area (Å²) in [6, 6.07) is 8.26. The summed E-state index contributed by atoms with van der Waals surface area (Å²) >= 11 is 0. The molecule has 0 unspecified atom stereocenters. The van der Waals surface area contributed by atoms with Crippen LogP contribution in [0.15, 0.2) is 46.2 Å². The van der Waals surface area contributed by atoms with Crippen LogP contribution in [-0.4, -0.2) is 25.9 Å². The van der Waals surface area contributed by atoms with Crippen molar-refractivity contribution < 1.29 is 53.2 Å². The summed E-state index contributed by atoms with van der Waals surface area (Å²) < 4.78 is 62.1. The van der Waals surface area contributed by atoms with E-state index in [1.165, 1.54) is 88.5 Å². The second kappa shape index (κ2) is 21.1. The quantitative estimate of drug-likeness (QED) is 0.103. The van der Waals surface area contributed by atoms with Crippen LogP contribution in [0.3, 0.4) is 0 Å². The Morgan fingerprint density at radius 1 is 0.537 bits per heavy atom. The summed E-state index contributed by atoms with van der Waals surface area (Å²) in [5, 5.41) is 22.7. The van der Waals surface area contributed by atoms with E-state index in [1.807, 2.05) is 0 Å². The number of hydrogen-bond acceptors (Lipinski definition) is 6. The monoisotopic (exact) mass is 661 g/mol. The Hall–Kier alpha value is -1.62. The molecule has 11 heteroatoms. The number of benzene rings is 2. The first-order chi connectivity index (χ1) is 18.9. The van der Waals surface area contributed by atoms with Gasteiger partial charge in [-0.3, -0.25) is 9.11 Å². The van der Waals surface area contributed by atoms with Crippen LogP contribution >= 0.6 is 0 Å². The van der Waals surface area contributed by atoms with Crippen molar-refractivity contribution in [3.63, 3.8) is 0 Å². The maximum atomic E-state index is 11.4. The molecule has 0 aliphatic heterocycles. The van der Waals surface area contributed by atoms with Crippen LogP contribution in [0.2, 0.25) is 0 Å². The minimum atomic E-state index is -4.41.